The molecule has 2 rings (SSSR count). The first-order valence-electron chi connectivity index (χ1n) is 4.81. The molecule has 1 saturated carbocycles. The minimum atomic E-state index is -0.0184. The molecule has 1 aromatic rings. The van der Waals surface area contributed by atoms with Gasteiger partial charge < -0.3 is 10.3 Å². The molecule has 1 heterocycles. The number of H-pyrrole nitrogens is 1. The van der Waals surface area contributed by atoms with Gasteiger partial charge in [-0.2, -0.15) is 0 Å². The zero-order chi connectivity index (χ0) is 10.1. The highest BCUT2D eigenvalue weighted by Gasteiger charge is 2.29. The standard InChI is InChI=1S/C10H13BrN2O/c1-6(7-2-3-7)13-10(14)9-4-8(11)5-12-9/h4-7,12H,2-3H2,1H3,(H,13,14)/t6-/m0/s1. The quantitative estimate of drug-likeness (QED) is 0.857. The Morgan fingerprint density at radius 2 is 2.43 bits per heavy atom. The molecule has 0 aromatic carbocycles. The molecule has 0 saturated heterocycles. The van der Waals surface area contributed by atoms with Crippen LogP contribution in [0.1, 0.15) is 30.3 Å². The molecule has 0 aliphatic heterocycles. The number of hydrogen-bond donors (Lipinski definition) is 2. The molecular weight excluding hydrogens is 244 g/mol. The van der Waals surface area contributed by atoms with Crippen LogP contribution in [0.25, 0.3) is 0 Å². The Morgan fingerprint density at radius 3 is 2.93 bits per heavy atom. The van der Waals surface area contributed by atoms with Gasteiger partial charge in [0.15, 0.2) is 0 Å². The first-order valence-corrected chi connectivity index (χ1v) is 5.61. The molecule has 1 aliphatic carbocycles. The maximum Gasteiger partial charge on any atom is 0.267 e. The Hall–Kier alpha value is -0.770. The smallest absolute Gasteiger partial charge is 0.267 e. The molecule has 0 spiro atoms. The molecule has 0 unspecified atom stereocenters. The molecule has 76 valence electrons. The Labute approximate surface area is 91.4 Å². The highest BCUT2D eigenvalue weighted by Crippen LogP contribution is 2.32. The molecule has 3 nitrogen and oxygen atoms in total. The first kappa shape index (κ1) is 9.77. The second-order valence-electron chi connectivity index (χ2n) is 3.83. The van der Waals surface area contributed by atoms with E-state index in [-0.39, 0.29) is 5.91 Å². The van der Waals surface area contributed by atoms with Crippen molar-refractivity contribution in [3.8, 4) is 0 Å². The van der Waals surface area contributed by atoms with E-state index in [1.165, 1.54) is 12.8 Å². The van der Waals surface area contributed by atoms with E-state index in [1.54, 1.807) is 12.3 Å². The molecule has 0 bridgehead atoms. The predicted octanol–water partition coefficient (Wildman–Crippen LogP) is 2.31. The van der Waals surface area contributed by atoms with Gasteiger partial charge in [-0.1, -0.05) is 0 Å². The van der Waals surface area contributed by atoms with Crippen LogP contribution in [-0.4, -0.2) is 16.9 Å². The normalized spacial score (nSPS) is 17.9. The topological polar surface area (TPSA) is 44.9 Å². The monoisotopic (exact) mass is 256 g/mol. The lowest BCUT2D eigenvalue weighted by Crippen LogP contribution is -2.34. The number of nitrogens with one attached hydrogen (secondary N) is 2. The van der Waals surface area contributed by atoms with E-state index < -0.39 is 0 Å². The summed E-state index contributed by atoms with van der Waals surface area (Å²) in [5, 5.41) is 2.98. The van der Waals surface area contributed by atoms with Gasteiger partial charge in [0, 0.05) is 16.7 Å². The third-order valence-corrected chi connectivity index (χ3v) is 3.04. The third-order valence-electron chi connectivity index (χ3n) is 2.58. The van der Waals surface area contributed by atoms with Crippen molar-refractivity contribution in [2.45, 2.75) is 25.8 Å². The van der Waals surface area contributed by atoms with Crippen LogP contribution < -0.4 is 5.32 Å². The van der Waals surface area contributed by atoms with Crippen molar-refractivity contribution >= 4 is 21.8 Å². The molecule has 1 aromatic heterocycles. The summed E-state index contributed by atoms with van der Waals surface area (Å²) >= 11 is 3.30. The van der Waals surface area contributed by atoms with E-state index >= 15 is 0 Å². The fourth-order valence-electron chi connectivity index (χ4n) is 1.50. The van der Waals surface area contributed by atoms with E-state index in [4.69, 9.17) is 0 Å². The maximum atomic E-state index is 11.6. The lowest BCUT2D eigenvalue weighted by molar-refractivity contribution is 0.0931. The molecule has 0 radical (unpaired) electrons. The van der Waals surface area contributed by atoms with E-state index in [0.717, 1.165) is 4.47 Å². The van der Waals surface area contributed by atoms with Crippen LogP contribution in [-0.2, 0) is 0 Å². The zero-order valence-electron chi connectivity index (χ0n) is 8.01. The number of halogens is 1. The fourth-order valence-corrected chi connectivity index (χ4v) is 1.84. The molecule has 2 N–H and O–H groups in total. The first-order chi connectivity index (χ1) is 6.66. The molecule has 1 fully saturated rings. The second-order valence-corrected chi connectivity index (χ2v) is 4.75. The average molecular weight is 257 g/mol. The zero-order valence-corrected chi connectivity index (χ0v) is 9.60. The molecule has 1 amide bonds. The average Bonchev–Trinajstić information content (AvgIpc) is 2.89. The van der Waals surface area contributed by atoms with Crippen LogP contribution in [0.4, 0.5) is 0 Å². The van der Waals surface area contributed by atoms with Gasteiger partial charge in [0.1, 0.15) is 5.69 Å². The van der Waals surface area contributed by atoms with Crippen LogP contribution in [0, 0.1) is 5.92 Å². The van der Waals surface area contributed by atoms with Gasteiger partial charge in [-0.3, -0.25) is 4.79 Å². The summed E-state index contributed by atoms with van der Waals surface area (Å²) in [4.78, 5) is 14.5. The number of aromatic amines is 1. The summed E-state index contributed by atoms with van der Waals surface area (Å²) in [7, 11) is 0. The number of amides is 1. The van der Waals surface area contributed by atoms with E-state index in [9.17, 15) is 4.79 Å². The van der Waals surface area contributed by atoms with Crippen molar-refractivity contribution in [1.82, 2.24) is 10.3 Å². The Kier molecular flexibility index (Phi) is 2.63. The van der Waals surface area contributed by atoms with Crippen molar-refractivity contribution < 1.29 is 4.79 Å². The Morgan fingerprint density at radius 1 is 1.71 bits per heavy atom. The number of rotatable bonds is 3. The lowest BCUT2D eigenvalue weighted by Gasteiger charge is -2.11. The van der Waals surface area contributed by atoms with Gasteiger partial charge in [-0.05, 0) is 47.7 Å². The van der Waals surface area contributed by atoms with Gasteiger partial charge in [0.2, 0.25) is 0 Å². The predicted molar refractivity (Wildman–Crippen MR) is 58.1 cm³/mol. The van der Waals surface area contributed by atoms with Crippen LogP contribution >= 0.6 is 15.9 Å². The summed E-state index contributed by atoms with van der Waals surface area (Å²) in [6.45, 7) is 2.06. The van der Waals surface area contributed by atoms with Crippen molar-refractivity contribution in [3.63, 3.8) is 0 Å². The summed E-state index contributed by atoms with van der Waals surface area (Å²) in [5.41, 5.74) is 0.615. The van der Waals surface area contributed by atoms with Gasteiger partial charge in [0.25, 0.3) is 5.91 Å². The number of carbonyl (C=O) groups excluding carboxylic acids is 1. The largest absolute Gasteiger partial charge is 0.356 e. The van der Waals surface area contributed by atoms with Crippen molar-refractivity contribution in [2.24, 2.45) is 5.92 Å². The molecule has 4 heteroatoms. The van der Waals surface area contributed by atoms with Gasteiger partial charge in [-0.25, -0.2) is 0 Å². The van der Waals surface area contributed by atoms with Crippen LogP contribution in [0.15, 0.2) is 16.7 Å². The third kappa shape index (κ3) is 2.18. The number of carbonyl (C=O) groups is 1. The Bertz CT molecular complexity index is 344. The summed E-state index contributed by atoms with van der Waals surface area (Å²) in [6.07, 6.45) is 4.25. The van der Waals surface area contributed by atoms with Crippen molar-refractivity contribution in [3.05, 3.63) is 22.4 Å². The molecule has 14 heavy (non-hydrogen) atoms. The molecule has 1 atom stereocenters. The summed E-state index contributed by atoms with van der Waals surface area (Å²) in [6, 6.07) is 2.08. The van der Waals surface area contributed by atoms with E-state index in [0.29, 0.717) is 17.7 Å². The molecular formula is C10H13BrN2O. The highest BCUT2D eigenvalue weighted by atomic mass is 79.9. The minimum absolute atomic E-state index is 0.0184. The summed E-state index contributed by atoms with van der Waals surface area (Å²) in [5.74, 6) is 0.674. The Balaban J connectivity index is 1.94. The maximum absolute atomic E-state index is 11.6. The van der Waals surface area contributed by atoms with Gasteiger partial charge in [-0.15, -0.1) is 0 Å². The van der Waals surface area contributed by atoms with Crippen molar-refractivity contribution in [2.75, 3.05) is 0 Å². The van der Waals surface area contributed by atoms with Gasteiger partial charge >= 0.3 is 0 Å². The number of hydrogen-bond acceptors (Lipinski definition) is 1. The van der Waals surface area contributed by atoms with E-state index in [2.05, 4.69) is 33.2 Å². The van der Waals surface area contributed by atoms with Crippen LogP contribution in [0.2, 0.25) is 0 Å². The molecule has 1 aliphatic rings. The van der Waals surface area contributed by atoms with Crippen molar-refractivity contribution in [1.29, 1.82) is 0 Å². The summed E-state index contributed by atoms with van der Waals surface area (Å²) < 4.78 is 0.904. The minimum Gasteiger partial charge on any atom is -0.356 e. The number of aromatic nitrogens is 1. The SMILES string of the molecule is C[C@H](NC(=O)c1cc(Br)c[nH]1)C1CC1. The highest BCUT2D eigenvalue weighted by molar-refractivity contribution is 9.10. The van der Waals surface area contributed by atoms with E-state index in [1.807, 2.05) is 0 Å². The lowest BCUT2D eigenvalue weighted by atomic mass is 10.2. The van der Waals surface area contributed by atoms with Crippen LogP contribution in [0.3, 0.4) is 0 Å². The van der Waals surface area contributed by atoms with Gasteiger partial charge in [0.05, 0.1) is 0 Å². The van der Waals surface area contributed by atoms with Crippen LogP contribution in [0.5, 0.6) is 0 Å². The second kappa shape index (κ2) is 3.77. The fraction of sp³-hybridized carbons (Fsp3) is 0.500.